The van der Waals surface area contributed by atoms with Crippen molar-refractivity contribution in [1.82, 2.24) is 0 Å². The third-order valence-electron chi connectivity index (χ3n) is 3.42. The summed E-state index contributed by atoms with van der Waals surface area (Å²) in [6.07, 6.45) is 0. The zero-order chi connectivity index (χ0) is 15.0. The molecular weight excluding hydrogens is 302 g/mol. The van der Waals surface area contributed by atoms with Crippen LogP contribution in [-0.4, -0.2) is 16.2 Å². The molecule has 0 aliphatic carbocycles. The van der Waals surface area contributed by atoms with Crippen LogP contribution in [0.25, 0.3) is 0 Å². The van der Waals surface area contributed by atoms with Crippen LogP contribution in [0.1, 0.15) is 24.2 Å². The van der Waals surface area contributed by atoms with Gasteiger partial charge in [0.15, 0.2) is 0 Å². The van der Waals surface area contributed by atoms with Crippen molar-refractivity contribution < 1.29 is 4.79 Å². The van der Waals surface area contributed by atoms with Crippen LogP contribution in [0.5, 0.6) is 0 Å². The number of hydrogen-bond donors (Lipinski definition) is 0. The second-order valence-electron chi connectivity index (χ2n) is 5.54. The number of fused-ring (bicyclic) bond motifs is 1. The molecule has 1 unspecified atom stereocenters. The standard InChI is InChI=1S/C17H16ClNOS/c1-17(2,18)16-19(13-10-6-7-11-14(13)21-16)15(20)12-8-4-3-5-9-12/h3-11,16H,1-2H3. The predicted molar refractivity (Wildman–Crippen MR) is 89.3 cm³/mol. The number of alkyl halides is 1. The highest BCUT2D eigenvalue weighted by Gasteiger charge is 2.42. The average Bonchev–Trinajstić information content (AvgIpc) is 2.87. The second kappa shape index (κ2) is 5.39. The monoisotopic (exact) mass is 317 g/mol. The Balaban J connectivity index is 2.06. The summed E-state index contributed by atoms with van der Waals surface area (Å²) >= 11 is 8.19. The molecular formula is C17H16ClNOS. The van der Waals surface area contributed by atoms with Gasteiger partial charge >= 0.3 is 0 Å². The molecule has 2 aromatic carbocycles. The molecule has 2 aromatic rings. The number of halogens is 1. The van der Waals surface area contributed by atoms with Gasteiger partial charge in [-0.1, -0.05) is 42.1 Å². The lowest BCUT2D eigenvalue weighted by atomic mass is 10.1. The van der Waals surface area contributed by atoms with Crippen LogP contribution in [0.4, 0.5) is 5.69 Å². The van der Waals surface area contributed by atoms with E-state index in [-0.39, 0.29) is 11.3 Å². The van der Waals surface area contributed by atoms with Crippen LogP contribution in [-0.2, 0) is 0 Å². The zero-order valence-electron chi connectivity index (χ0n) is 11.9. The number of rotatable bonds is 2. The highest BCUT2D eigenvalue weighted by atomic mass is 35.5. The fraction of sp³-hybridized carbons (Fsp3) is 0.235. The summed E-state index contributed by atoms with van der Waals surface area (Å²) in [6, 6.07) is 17.3. The van der Waals surface area contributed by atoms with Gasteiger partial charge in [-0.15, -0.1) is 11.6 Å². The Kier molecular flexibility index (Phi) is 3.72. The Morgan fingerprint density at radius 2 is 1.71 bits per heavy atom. The van der Waals surface area contributed by atoms with Gasteiger partial charge in [0.05, 0.1) is 10.6 Å². The molecule has 1 aliphatic rings. The Labute approximate surface area is 134 Å². The lowest BCUT2D eigenvalue weighted by Crippen LogP contribution is -2.45. The summed E-state index contributed by atoms with van der Waals surface area (Å²) in [5, 5.41) is -0.121. The second-order valence-corrected chi connectivity index (χ2v) is 7.64. The van der Waals surface area contributed by atoms with Crippen molar-refractivity contribution in [1.29, 1.82) is 0 Å². The largest absolute Gasteiger partial charge is 0.293 e. The molecule has 0 saturated carbocycles. The van der Waals surface area contributed by atoms with E-state index in [4.69, 9.17) is 11.6 Å². The molecule has 21 heavy (non-hydrogen) atoms. The highest BCUT2D eigenvalue weighted by Crippen LogP contribution is 2.49. The summed E-state index contributed by atoms with van der Waals surface area (Å²) in [7, 11) is 0. The van der Waals surface area contributed by atoms with Crippen LogP contribution in [0, 0.1) is 0 Å². The maximum Gasteiger partial charge on any atom is 0.259 e. The molecule has 1 atom stereocenters. The van der Waals surface area contributed by atoms with Crippen molar-refractivity contribution in [2.24, 2.45) is 0 Å². The lowest BCUT2D eigenvalue weighted by Gasteiger charge is -2.32. The first-order valence-electron chi connectivity index (χ1n) is 6.82. The highest BCUT2D eigenvalue weighted by molar-refractivity contribution is 8.00. The summed E-state index contributed by atoms with van der Waals surface area (Å²) in [5.74, 6) is -0.00762. The van der Waals surface area contributed by atoms with E-state index in [1.54, 1.807) is 11.8 Å². The molecule has 1 heterocycles. The number of thioether (sulfide) groups is 1. The molecule has 108 valence electrons. The molecule has 0 fully saturated rings. The van der Waals surface area contributed by atoms with Crippen LogP contribution < -0.4 is 4.90 Å². The third-order valence-corrected chi connectivity index (χ3v) is 5.38. The van der Waals surface area contributed by atoms with Gasteiger partial charge in [-0.05, 0) is 38.1 Å². The number of hydrogen-bond acceptors (Lipinski definition) is 2. The van der Waals surface area contributed by atoms with E-state index in [2.05, 4.69) is 0 Å². The fourth-order valence-corrected chi connectivity index (χ4v) is 3.95. The van der Waals surface area contributed by atoms with Crippen molar-refractivity contribution >= 4 is 35.0 Å². The van der Waals surface area contributed by atoms with Gasteiger partial charge in [0.1, 0.15) is 5.37 Å². The summed E-state index contributed by atoms with van der Waals surface area (Å²) in [5.41, 5.74) is 1.62. The maximum absolute atomic E-state index is 12.9. The van der Waals surface area contributed by atoms with Crippen molar-refractivity contribution in [3.63, 3.8) is 0 Å². The zero-order valence-corrected chi connectivity index (χ0v) is 13.5. The van der Waals surface area contributed by atoms with Crippen LogP contribution in [0.3, 0.4) is 0 Å². The molecule has 1 amide bonds. The van der Waals surface area contributed by atoms with Gasteiger partial charge in [0.2, 0.25) is 0 Å². The summed E-state index contributed by atoms with van der Waals surface area (Å²) < 4.78 is 0. The number of anilines is 1. The molecule has 0 radical (unpaired) electrons. The molecule has 4 heteroatoms. The van der Waals surface area contributed by atoms with Gasteiger partial charge in [-0.2, -0.15) is 0 Å². The number of para-hydroxylation sites is 1. The predicted octanol–water partition coefficient (Wildman–Crippen LogP) is 4.78. The minimum absolute atomic E-state index is 0.00762. The lowest BCUT2D eigenvalue weighted by molar-refractivity contribution is 0.0982. The maximum atomic E-state index is 12.9. The van der Waals surface area contributed by atoms with Gasteiger partial charge in [0.25, 0.3) is 5.91 Å². The summed E-state index contributed by atoms with van der Waals surface area (Å²) in [4.78, 5) is 15.3. The van der Waals surface area contributed by atoms with Crippen LogP contribution in [0.2, 0.25) is 0 Å². The van der Waals surface area contributed by atoms with Crippen molar-refractivity contribution in [3.8, 4) is 0 Å². The molecule has 3 rings (SSSR count). The van der Waals surface area contributed by atoms with Crippen LogP contribution >= 0.6 is 23.4 Å². The van der Waals surface area contributed by atoms with E-state index < -0.39 is 4.87 Å². The van der Waals surface area contributed by atoms with Crippen molar-refractivity contribution in [3.05, 3.63) is 60.2 Å². The summed E-state index contributed by atoms with van der Waals surface area (Å²) in [6.45, 7) is 3.90. The van der Waals surface area contributed by atoms with Gasteiger partial charge in [-0.25, -0.2) is 0 Å². The number of benzene rings is 2. The van der Waals surface area contributed by atoms with E-state index >= 15 is 0 Å². The molecule has 0 N–H and O–H groups in total. The molecule has 0 saturated heterocycles. The molecule has 0 bridgehead atoms. The molecule has 0 aromatic heterocycles. The van der Waals surface area contributed by atoms with Gasteiger partial charge in [0, 0.05) is 10.5 Å². The minimum atomic E-state index is -0.520. The Morgan fingerprint density at radius 3 is 2.38 bits per heavy atom. The first-order valence-corrected chi connectivity index (χ1v) is 8.07. The van der Waals surface area contributed by atoms with E-state index in [1.165, 1.54) is 0 Å². The Bertz CT molecular complexity index is 666. The normalized spacial score (nSPS) is 17.7. The first kappa shape index (κ1) is 14.5. The number of carbonyl (C=O) groups excluding carboxylic acids is 1. The number of amides is 1. The quantitative estimate of drug-likeness (QED) is 0.743. The van der Waals surface area contributed by atoms with E-state index in [1.807, 2.05) is 73.3 Å². The van der Waals surface area contributed by atoms with Crippen molar-refractivity contribution in [2.45, 2.75) is 29.0 Å². The van der Waals surface area contributed by atoms with Gasteiger partial charge in [-0.3, -0.25) is 9.69 Å². The smallest absolute Gasteiger partial charge is 0.259 e. The SMILES string of the molecule is CC(C)(Cl)C1Sc2ccccc2N1C(=O)c1ccccc1. The third kappa shape index (κ3) is 2.68. The Hall–Kier alpha value is -1.45. The average molecular weight is 318 g/mol. The fourth-order valence-electron chi connectivity index (χ4n) is 2.44. The van der Waals surface area contributed by atoms with Crippen LogP contribution in [0.15, 0.2) is 59.5 Å². The number of nitrogens with zero attached hydrogens (tertiary/aromatic N) is 1. The minimum Gasteiger partial charge on any atom is -0.293 e. The van der Waals surface area contributed by atoms with E-state index in [0.717, 1.165) is 10.6 Å². The van der Waals surface area contributed by atoms with E-state index in [9.17, 15) is 4.79 Å². The Morgan fingerprint density at radius 1 is 1.10 bits per heavy atom. The van der Waals surface area contributed by atoms with E-state index in [0.29, 0.717) is 5.56 Å². The van der Waals surface area contributed by atoms with Crippen molar-refractivity contribution in [2.75, 3.05) is 4.90 Å². The molecule has 0 spiro atoms. The number of carbonyl (C=O) groups is 1. The van der Waals surface area contributed by atoms with Gasteiger partial charge < -0.3 is 0 Å². The molecule has 2 nitrogen and oxygen atoms in total. The first-order chi connectivity index (χ1) is 9.98. The molecule has 1 aliphatic heterocycles. The topological polar surface area (TPSA) is 20.3 Å².